The second-order valence-electron chi connectivity index (χ2n) is 3.83. The van der Waals surface area contributed by atoms with Crippen molar-refractivity contribution in [3.63, 3.8) is 0 Å². The van der Waals surface area contributed by atoms with Gasteiger partial charge in [0, 0.05) is 15.7 Å². The number of hydrogen-bond donors (Lipinski definition) is 1. The Morgan fingerprint density at radius 2 is 1.84 bits per heavy atom. The second-order valence-corrected chi connectivity index (χ2v) is 4.68. The Hall–Kier alpha value is -2.23. The number of anilines is 1. The molecule has 3 heteroatoms. The van der Waals surface area contributed by atoms with Crippen LogP contribution in [0.1, 0.15) is 11.1 Å². The van der Waals surface area contributed by atoms with Crippen LogP contribution in [0.25, 0.3) is 0 Å². The first-order valence-electron chi connectivity index (χ1n) is 5.77. The van der Waals surface area contributed by atoms with Gasteiger partial charge >= 0.3 is 0 Å². The van der Waals surface area contributed by atoms with E-state index in [9.17, 15) is 0 Å². The molecule has 0 spiro atoms. The Morgan fingerprint density at radius 1 is 1.05 bits per heavy atom. The molecule has 0 saturated carbocycles. The quantitative estimate of drug-likeness (QED) is 0.857. The Bertz CT molecular complexity index is 661. The summed E-state index contributed by atoms with van der Waals surface area (Å²) in [5, 5.41) is 12.0. The molecule has 2 nitrogen and oxygen atoms in total. The molecule has 0 bridgehead atoms. The third kappa shape index (κ3) is 3.88. The van der Waals surface area contributed by atoms with Gasteiger partial charge in [-0.1, -0.05) is 30.0 Å². The van der Waals surface area contributed by atoms with Gasteiger partial charge in [-0.2, -0.15) is 5.26 Å². The lowest BCUT2D eigenvalue weighted by Gasteiger charge is -2.04. The van der Waals surface area contributed by atoms with E-state index in [0.717, 1.165) is 15.7 Å². The van der Waals surface area contributed by atoms with Gasteiger partial charge in [0.05, 0.1) is 18.2 Å². The van der Waals surface area contributed by atoms with Gasteiger partial charge < -0.3 is 5.32 Å². The minimum absolute atomic E-state index is 0.555. The van der Waals surface area contributed by atoms with E-state index < -0.39 is 0 Å². The van der Waals surface area contributed by atoms with Crippen LogP contribution in [0.3, 0.4) is 0 Å². The monoisotopic (exact) mass is 310 g/mol. The first-order valence-corrected chi connectivity index (χ1v) is 6.56. The van der Waals surface area contributed by atoms with E-state index >= 15 is 0 Å². The SMILES string of the molecule is N#Cc1ccc(NCC#Cc2ccccc2)c(Br)c1. The van der Waals surface area contributed by atoms with Crippen LogP contribution in [-0.4, -0.2) is 6.54 Å². The smallest absolute Gasteiger partial charge is 0.0992 e. The van der Waals surface area contributed by atoms with Crippen LogP contribution in [-0.2, 0) is 0 Å². The second kappa shape index (κ2) is 6.64. The summed E-state index contributed by atoms with van der Waals surface area (Å²) in [5.74, 6) is 6.14. The van der Waals surface area contributed by atoms with Crippen molar-refractivity contribution in [3.8, 4) is 17.9 Å². The maximum Gasteiger partial charge on any atom is 0.0992 e. The van der Waals surface area contributed by atoms with Gasteiger partial charge in [-0.25, -0.2) is 0 Å². The van der Waals surface area contributed by atoms with Crippen LogP contribution < -0.4 is 5.32 Å². The lowest BCUT2D eigenvalue weighted by atomic mass is 10.2. The first-order chi connectivity index (χ1) is 9.29. The average Bonchev–Trinajstić information content (AvgIpc) is 2.46. The van der Waals surface area contributed by atoms with Crippen LogP contribution in [0.5, 0.6) is 0 Å². The molecule has 2 aromatic rings. The molecule has 0 atom stereocenters. The van der Waals surface area contributed by atoms with Crippen molar-refractivity contribution in [2.45, 2.75) is 0 Å². The fraction of sp³-hybridized carbons (Fsp3) is 0.0625. The van der Waals surface area contributed by atoms with Crippen LogP contribution in [0.4, 0.5) is 5.69 Å². The van der Waals surface area contributed by atoms with Gasteiger partial charge in [0.25, 0.3) is 0 Å². The Morgan fingerprint density at radius 3 is 2.53 bits per heavy atom. The zero-order valence-electron chi connectivity index (χ0n) is 10.2. The van der Waals surface area contributed by atoms with E-state index in [4.69, 9.17) is 5.26 Å². The highest BCUT2D eigenvalue weighted by molar-refractivity contribution is 9.10. The summed E-state index contributed by atoms with van der Waals surface area (Å²) in [6.45, 7) is 0.555. The Labute approximate surface area is 121 Å². The van der Waals surface area contributed by atoms with Gasteiger partial charge in [-0.3, -0.25) is 0 Å². The lowest BCUT2D eigenvalue weighted by molar-refractivity contribution is 1.36. The lowest BCUT2D eigenvalue weighted by Crippen LogP contribution is -1.99. The summed E-state index contributed by atoms with van der Waals surface area (Å²) >= 11 is 3.42. The maximum atomic E-state index is 8.78. The zero-order valence-corrected chi connectivity index (χ0v) is 11.7. The normalized spacial score (nSPS) is 9.05. The number of nitrogens with zero attached hydrogens (tertiary/aromatic N) is 1. The molecule has 0 radical (unpaired) electrons. The summed E-state index contributed by atoms with van der Waals surface area (Å²) in [6.07, 6.45) is 0. The minimum atomic E-state index is 0.555. The molecule has 0 aliphatic heterocycles. The molecule has 2 rings (SSSR count). The van der Waals surface area contributed by atoms with Crippen molar-refractivity contribution in [2.75, 3.05) is 11.9 Å². The predicted octanol–water partition coefficient (Wildman–Crippen LogP) is 3.78. The Balaban J connectivity index is 1.97. The Kier molecular flexibility index (Phi) is 4.61. The van der Waals surface area contributed by atoms with E-state index in [-0.39, 0.29) is 0 Å². The van der Waals surface area contributed by atoms with Gasteiger partial charge in [-0.15, -0.1) is 0 Å². The number of halogens is 1. The largest absolute Gasteiger partial charge is 0.373 e. The van der Waals surface area contributed by atoms with Gasteiger partial charge in [0.15, 0.2) is 0 Å². The standard InChI is InChI=1S/C16H11BrN2/c17-15-11-14(12-18)8-9-16(15)19-10-4-7-13-5-2-1-3-6-13/h1-3,5-6,8-9,11,19H,10H2. The van der Waals surface area contributed by atoms with Gasteiger partial charge in [0.2, 0.25) is 0 Å². The van der Waals surface area contributed by atoms with Crippen molar-refractivity contribution in [1.29, 1.82) is 5.26 Å². The highest BCUT2D eigenvalue weighted by Crippen LogP contribution is 2.22. The molecular formula is C16H11BrN2. The first kappa shape index (κ1) is 13.2. The van der Waals surface area contributed by atoms with Crippen molar-refractivity contribution in [2.24, 2.45) is 0 Å². The predicted molar refractivity (Wildman–Crippen MR) is 80.7 cm³/mol. The van der Waals surface area contributed by atoms with Gasteiger partial charge in [0.1, 0.15) is 0 Å². The van der Waals surface area contributed by atoms with Crippen molar-refractivity contribution < 1.29 is 0 Å². The van der Waals surface area contributed by atoms with Crippen LogP contribution >= 0.6 is 15.9 Å². The molecular weight excluding hydrogens is 300 g/mol. The molecule has 92 valence electrons. The van der Waals surface area contributed by atoms with E-state index in [1.807, 2.05) is 36.4 Å². The molecule has 1 N–H and O–H groups in total. The van der Waals surface area contributed by atoms with E-state index in [0.29, 0.717) is 12.1 Å². The average molecular weight is 311 g/mol. The number of hydrogen-bond acceptors (Lipinski definition) is 2. The third-order valence-electron chi connectivity index (χ3n) is 2.47. The molecule has 0 saturated heterocycles. The summed E-state index contributed by atoms with van der Waals surface area (Å²) in [7, 11) is 0. The van der Waals surface area contributed by atoms with E-state index in [2.05, 4.69) is 39.2 Å². The van der Waals surface area contributed by atoms with Crippen molar-refractivity contribution in [3.05, 3.63) is 64.1 Å². The molecule has 0 unspecified atom stereocenters. The maximum absolute atomic E-state index is 8.78. The zero-order chi connectivity index (χ0) is 13.5. The summed E-state index contributed by atoms with van der Waals surface area (Å²) in [6, 6.07) is 17.4. The fourth-order valence-electron chi connectivity index (χ4n) is 1.54. The fourth-order valence-corrected chi connectivity index (χ4v) is 2.05. The molecule has 0 aliphatic carbocycles. The van der Waals surface area contributed by atoms with Crippen LogP contribution in [0, 0.1) is 23.2 Å². The van der Waals surface area contributed by atoms with Crippen molar-refractivity contribution in [1.82, 2.24) is 0 Å². The molecule has 0 aliphatic rings. The summed E-state index contributed by atoms with van der Waals surface area (Å²) < 4.78 is 0.869. The number of nitriles is 1. The molecule has 0 heterocycles. The van der Waals surface area contributed by atoms with Crippen molar-refractivity contribution >= 4 is 21.6 Å². The summed E-state index contributed by atoms with van der Waals surface area (Å²) in [5.41, 5.74) is 2.57. The van der Waals surface area contributed by atoms with Gasteiger partial charge in [-0.05, 0) is 46.3 Å². The summed E-state index contributed by atoms with van der Waals surface area (Å²) in [4.78, 5) is 0. The highest BCUT2D eigenvalue weighted by atomic mass is 79.9. The topological polar surface area (TPSA) is 35.8 Å². The van der Waals surface area contributed by atoms with E-state index in [1.165, 1.54) is 0 Å². The van der Waals surface area contributed by atoms with E-state index in [1.54, 1.807) is 12.1 Å². The molecule has 0 fully saturated rings. The number of benzene rings is 2. The molecule has 0 aromatic heterocycles. The number of nitrogens with one attached hydrogen (secondary N) is 1. The molecule has 0 amide bonds. The molecule has 2 aromatic carbocycles. The van der Waals surface area contributed by atoms with Crippen LogP contribution in [0.2, 0.25) is 0 Å². The third-order valence-corrected chi connectivity index (χ3v) is 3.13. The highest BCUT2D eigenvalue weighted by Gasteiger charge is 1.99. The van der Waals surface area contributed by atoms with Crippen LogP contribution in [0.15, 0.2) is 53.0 Å². The molecule has 19 heavy (non-hydrogen) atoms. The number of rotatable bonds is 2. The minimum Gasteiger partial charge on any atom is -0.373 e.